The molecule has 0 rings (SSSR count). The SMILES string of the molecule is CCCCCCCCCCCCCCCCCC(=O)N(C)CC(=O)O.CCCCCCCCCCCCCCCCCC(=O)O. The van der Waals surface area contributed by atoms with Crippen LogP contribution in [0, 0.1) is 0 Å². The van der Waals surface area contributed by atoms with E-state index in [9.17, 15) is 14.4 Å². The van der Waals surface area contributed by atoms with Gasteiger partial charge in [-0.2, -0.15) is 0 Å². The van der Waals surface area contributed by atoms with Gasteiger partial charge in [0.15, 0.2) is 0 Å². The van der Waals surface area contributed by atoms with Crippen LogP contribution in [0.3, 0.4) is 0 Å². The van der Waals surface area contributed by atoms with E-state index in [1.807, 2.05) is 0 Å². The molecular formula is C39H77NO5. The third-order valence-electron chi connectivity index (χ3n) is 8.79. The van der Waals surface area contributed by atoms with E-state index in [-0.39, 0.29) is 12.5 Å². The van der Waals surface area contributed by atoms with Gasteiger partial charge in [0.25, 0.3) is 0 Å². The van der Waals surface area contributed by atoms with E-state index in [1.165, 1.54) is 172 Å². The predicted octanol–water partition coefficient (Wildman–Crippen LogP) is 12.1. The first-order valence-electron chi connectivity index (χ1n) is 19.5. The highest BCUT2D eigenvalue weighted by Crippen LogP contribution is 2.15. The first kappa shape index (κ1) is 45.5. The molecule has 0 aromatic rings. The number of aliphatic carboxylic acids is 2. The lowest BCUT2D eigenvalue weighted by atomic mass is 10.0. The Labute approximate surface area is 279 Å². The van der Waals surface area contributed by atoms with Crippen molar-refractivity contribution < 1.29 is 24.6 Å². The first-order chi connectivity index (χ1) is 21.8. The van der Waals surface area contributed by atoms with E-state index in [1.54, 1.807) is 7.05 Å². The van der Waals surface area contributed by atoms with Crippen molar-refractivity contribution in [3.8, 4) is 0 Å². The fourth-order valence-corrected chi connectivity index (χ4v) is 5.78. The van der Waals surface area contributed by atoms with Crippen LogP contribution in [0.1, 0.15) is 219 Å². The molecule has 0 atom stereocenters. The van der Waals surface area contributed by atoms with Gasteiger partial charge in [-0.05, 0) is 12.8 Å². The van der Waals surface area contributed by atoms with Gasteiger partial charge >= 0.3 is 11.9 Å². The molecule has 0 aromatic carbocycles. The largest absolute Gasteiger partial charge is 0.481 e. The van der Waals surface area contributed by atoms with Crippen molar-refractivity contribution in [1.29, 1.82) is 0 Å². The standard InChI is InChI=1S/C21H41NO3.C18H36O2/c1-3-4-5-6-7-8-9-10-11-12-13-14-15-16-17-18-20(23)22(2)19-21(24)25;1-2-3-4-5-6-7-8-9-10-11-12-13-14-15-16-17-18(19)20/h3-19H2,1-2H3,(H,24,25);2-17H2,1H3,(H,19,20). The molecule has 0 saturated heterocycles. The number of carbonyl (C=O) groups excluding carboxylic acids is 1. The van der Waals surface area contributed by atoms with Crippen molar-refractivity contribution in [2.75, 3.05) is 13.6 Å². The average Bonchev–Trinajstić information content (AvgIpc) is 3.00. The fourth-order valence-electron chi connectivity index (χ4n) is 5.78. The van der Waals surface area contributed by atoms with Gasteiger partial charge in [0.1, 0.15) is 6.54 Å². The number of likely N-dealkylation sites (N-methyl/N-ethyl adjacent to an activating group) is 1. The molecule has 0 radical (unpaired) electrons. The summed E-state index contributed by atoms with van der Waals surface area (Å²) >= 11 is 0. The van der Waals surface area contributed by atoms with Crippen molar-refractivity contribution in [1.82, 2.24) is 4.90 Å². The van der Waals surface area contributed by atoms with E-state index >= 15 is 0 Å². The minimum Gasteiger partial charge on any atom is -0.481 e. The quantitative estimate of drug-likeness (QED) is 0.0683. The number of carboxylic acids is 2. The normalized spacial score (nSPS) is 10.8. The Morgan fingerprint density at radius 3 is 0.867 bits per heavy atom. The van der Waals surface area contributed by atoms with Crippen molar-refractivity contribution in [2.45, 2.75) is 219 Å². The molecule has 0 aliphatic rings. The fraction of sp³-hybridized carbons (Fsp3) is 0.923. The molecule has 6 nitrogen and oxygen atoms in total. The Hall–Kier alpha value is -1.59. The van der Waals surface area contributed by atoms with Crippen molar-refractivity contribution in [3.63, 3.8) is 0 Å². The summed E-state index contributed by atoms with van der Waals surface area (Å²) in [6.07, 6.45) is 40.3. The molecule has 0 fully saturated rings. The molecule has 0 aromatic heterocycles. The van der Waals surface area contributed by atoms with Crippen LogP contribution in [-0.2, 0) is 14.4 Å². The van der Waals surface area contributed by atoms with Gasteiger partial charge in [-0.25, -0.2) is 0 Å². The van der Waals surface area contributed by atoms with Gasteiger partial charge in [0.05, 0.1) is 0 Å². The maximum absolute atomic E-state index is 11.7. The zero-order valence-corrected chi connectivity index (χ0v) is 30.4. The molecule has 2 N–H and O–H groups in total. The minimum atomic E-state index is -0.952. The third kappa shape index (κ3) is 42.4. The van der Waals surface area contributed by atoms with Gasteiger partial charge in [-0.3, -0.25) is 14.4 Å². The van der Waals surface area contributed by atoms with Crippen LogP contribution in [-0.4, -0.2) is 46.6 Å². The number of carboxylic acid groups (broad SMARTS) is 2. The molecule has 0 heterocycles. The van der Waals surface area contributed by atoms with Gasteiger partial charge < -0.3 is 15.1 Å². The Bertz CT molecular complexity index is 639. The summed E-state index contributed by atoms with van der Waals surface area (Å²) in [5, 5.41) is 17.2. The van der Waals surface area contributed by atoms with E-state index in [0.717, 1.165) is 25.7 Å². The summed E-state index contributed by atoms with van der Waals surface area (Å²) in [4.78, 5) is 33.8. The maximum Gasteiger partial charge on any atom is 0.323 e. The second kappa shape index (κ2) is 38.6. The summed E-state index contributed by atoms with van der Waals surface area (Å²) in [5.74, 6) is -1.66. The molecule has 0 aliphatic carbocycles. The highest BCUT2D eigenvalue weighted by molar-refractivity contribution is 5.80. The Balaban J connectivity index is 0. The molecule has 1 amide bonds. The van der Waals surface area contributed by atoms with Gasteiger partial charge in [0, 0.05) is 19.9 Å². The number of amides is 1. The van der Waals surface area contributed by atoms with Gasteiger partial charge in [0.2, 0.25) is 5.91 Å². The molecule has 6 heteroatoms. The van der Waals surface area contributed by atoms with Gasteiger partial charge in [-0.15, -0.1) is 0 Å². The Morgan fingerprint density at radius 2 is 0.622 bits per heavy atom. The molecular weight excluding hydrogens is 562 g/mol. The van der Waals surface area contributed by atoms with Crippen LogP contribution >= 0.6 is 0 Å². The second-order valence-electron chi connectivity index (χ2n) is 13.4. The van der Waals surface area contributed by atoms with Crippen LogP contribution in [0.25, 0.3) is 0 Å². The smallest absolute Gasteiger partial charge is 0.323 e. The summed E-state index contributed by atoms with van der Waals surface area (Å²) in [5.41, 5.74) is 0. The first-order valence-corrected chi connectivity index (χ1v) is 19.5. The molecule has 45 heavy (non-hydrogen) atoms. The Kier molecular flexibility index (Phi) is 39.0. The average molecular weight is 640 g/mol. The lowest BCUT2D eigenvalue weighted by molar-refractivity contribution is -0.143. The summed E-state index contributed by atoms with van der Waals surface area (Å²) in [6.45, 7) is 4.34. The summed E-state index contributed by atoms with van der Waals surface area (Å²) in [6, 6.07) is 0. The molecule has 268 valence electrons. The van der Waals surface area contributed by atoms with Crippen molar-refractivity contribution >= 4 is 17.8 Å². The highest BCUT2D eigenvalue weighted by atomic mass is 16.4. The number of nitrogens with zero attached hydrogens (tertiary/aromatic N) is 1. The van der Waals surface area contributed by atoms with E-state index in [0.29, 0.717) is 12.8 Å². The van der Waals surface area contributed by atoms with E-state index in [2.05, 4.69) is 13.8 Å². The molecule has 0 bridgehead atoms. The zero-order valence-electron chi connectivity index (χ0n) is 30.4. The van der Waals surface area contributed by atoms with Crippen LogP contribution < -0.4 is 0 Å². The molecule has 0 saturated carbocycles. The van der Waals surface area contributed by atoms with Crippen LogP contribution in [0.4, 0.5) is 0 Å². The van der Waals surface area contributed by atoms with E-state index < -0.39 is 11.9 Å². The summed E-state index contributed by atoms with van der Waals surface area (Å²) in [7, 11) is 1.56. The predicted molar refractivity (Wildman–Crippen MR) is 192 cm³/mol. The number of unbranched alkanes of at least 4 members (excludes halogenated alkanes) is 28. The lowest BCUT2D eigenvalue weighted by Gasteiger charge is -2.14. The van der Waals surface area contributed by atoms with Crippen molar-refractivity contribution in [3.05, 3.63) is 0 Å². The summed E-state index contributed by atoms with van der Waals surface area (Å²) < 4.78 is 0. The Morgan fingerprint density at radius 1 is 0.378 bits per heavy atom. The molecule has 0 unspecified atom stereocenters. The topological polar surface area (TPSA) is 94.9 Å². The number of hydrogen-bond acceptors (Lipinski definition) is 3. The minimum absolute atomic E-state index is 0.0582. The number of hydrogen-bond donors (Lipinski definition) is 2. The molecule has 0 aliphatic heterocycles. The van der Waals surface area contributed by atoms with Gasteiger partial charge in [-0.1, -0.05) is 194 Å². The monoisotopic (exact) mass is 640 g/mol. The highest BCUT2D eigenvalue weighted by Gasteiger charge is 2.11. The lowest BCUT2D eigenvalue weighted by Crippen LogP contribution is -2.31. The van der Waals surface area contributed by atoms with Crippen LogP contribution in [0.2, 0.25) is 0 Å². The second-order valence-corrected chi connectivity index (χ2v) is 13.4. The number of rotatable bonds is 34. The van der Waals surface area contributed by atoms with Crippen LogP contribution in [0.15, 0.2) is 0 Å². The van der Waals surface area contributed by atoms with Crippen molar-refractivity contribution in [2.24, 2.45) is 0 Å². The van der Waals surface area contributed by atoms with E-state index in [4.69, 9.17) is 10.2 Å². The van der Waals surface area contributed by atoms with Crippen LogP contribution in [0.5, 0.6) is 0 Å². The zero-order chi connectivity index (χ0) is 33.6. The third-order valence-corrected chi connectivity index (χ3v) is 8.79. The number of carbonyl (C=O) groups is 3. The maximum atomic E-state index is 11.7. The molecule has 0 spiro atoms.